The lowest BCUT2D eigenvalue weighted by molar-refractivity contribution is -0.140. The Balaban J connectivity index is 1.08. The van der Waals surface area contributed by atoms with E-state index in [1.54, 1.807) is 69.7 Å². The third-order valence-corrected chi connectivity index (χ3v) is 9.25. The Morgan fingerprint density at radius 1 is 0.683 bits per heavy atom. The zero-order chi connectivity index (χ0) is 43.0. The molecule has 4 aromatic carbocycles. The maximum atomic E-state index is 12.8. The van der Waals surface area contributed by atoms with Crippen LogP contribution >= 0.6 is 0 Å². The summed E-state index contributed by atoms with van der Waals surface area (Å²) >= 11 is 0. The molecule has 1 atom stereocenters. The molecule has 0 bridgehead atoms. The second-order valence-electron chi connectivity index (χ2n) is 13.9. The number of benzene rings is 4. The highest BCUT2D eigenvalue weighted by Gasteiger charge is 2.26. The van der Waals surface area contributed by atoms with Crippen LogP contribution in [0.25, 0.3) is 23.3 Å². The third-order valence-electron chi connectivity index (χ3n) is 9.25. The SMILES string of the molecule is C=C(C)C(=O)OCCCOc1ccc(C=CC(=O)Oc2ccc3c(c2)C(C)c2cc(OCOC=Cc4ccc(OCCCOC(=O)C(=C)C)c(OC)c4)ccc2-3)cc1CO. The molecule has 0 aromatic heterocycles. The quantitative estimate of drug-likeness (QED) is 0.0202. The lowest BCUT2D eigenvalue weighted by Gasteiger charge is -2.12. The molecule has 5 rings (SSSR count). The summed E-state index contributed by atoms with van der Waals surface area (Å²) in [5.41, 5.74) is 7.01. The molecular formula is C48H50O12. The number of ether oxygens (including phenoxy) is 8. The van der Waals surface area contributed by atoms with Gasteiger partial charge in [0, 0.05) is 41.5 Å². The minimum Gasteiger partial charge on any atom is -0.493 e. The van der Waals surface area contributed by atoms with E-state index in [-0.39, 0.29) is 32.5 Å². The topological polar surface area (TPSA) is 145 Å². The second-order valence-corrected chi connectivity index (χ2v) is 13.9. The molecule has 4 aromatic rings. The number of carbonyl (C=O) groups is 3. The van der Waals surface area contributed by atoms with Gasteiger partial charge in [0.05, 0.1) is 46.4 Å². The number of aliphatic hydroxyl groups excluding tert-OH is 1. The molecule has 0 saturated heterocycles. The van der Waals surface area contributed by atoms with Crippen molar-refractivity contribution in [1.82, 2.24) is 0 Å². The fourth-order valence-corrected chi connectivity index (χ4v) is 6.12. The number of aliphatic hydroxyl groups is 1. The molecule has 12 heteroatoms. The summed E-state index contributed by atoms with van der Waals surface area (Å²) in [5, 5.41) is 9.88. The Morgan fingerprint density at radius 3 is 1.88 bits per heavy atom. The Hall–Kier alpha value is -6.79. The van der Waals surface area contributed by atoms with Crippen LogP contribution in [0.2, 0.25) is 0 Å². The van der Waals surface area contributed by atoms with E-state index in [1.807, 2.05) is 42.5 Å². The van der Waals surface area contributed by atoms with Gasteiger partial charge in [0.15, 0.2) is 11.5 Å². The average molecular weight is 819 g/mol. The maximum absolute atomic E-state index is 12.8. The largest absolute Gasteiger partial charge is 0.493 e. The molecular weight excluding hydrogens is 769 g/mol. The molecule has 0 amide bonds. The first-order valence-electron chi connectivity index (χ1n) is 19.4. The smallest absolute Gasteiger partial charge is 0.336 e. The number of fused-ring (bicyclic) bond motifs is 3. The van der Waals surface area contributed by atoms with Gasteiger partial charge in [0.25, 0.3) is 0 Å². The number of rotatable bonds is 22. The number of esters is 3. The summed E-state index contributed by atoms with van der Waals surface area (Å²) in [4.78, 5) is 35.8. The van der Waals surface area contributed by atoms with Crippen LogP contribution in [-0.4, -0.2) is 63.3 Å². The molecule has 60 heavy (non-hydrogen) atoms. The van der Waals surface area contributed by atoms with Crippen molar-refractivity contribution in [1.29, 1.82) is 0 Å². The Kier molecular flexibility index (Phi) is 16.1. The van der Waals surface area contributed by atoms with Gasteiger partial charge in [-0.15, -0.1) is 0 Å². The summed E-state index contributed by atoms with van der Waals surface area (Å²) in [5.74, 6) is 1.32. The van der Waals surface area contributed by atoms with Crippen molar-refractivity contribution < 1.29 is 57.4 Å². The molecule has 314 valence electrons. The monoisotopic (exact) mass is 818 g/mol. The van der Waals surface area contributed by atoms with Crippen LogP contribution < -0.4 is 23.7 Å². The van der Waals surface area contributed by atoms with Crippen LogP contribution in [0.5, 0.6) is 28.7 Å². The van der Waals surface area contributed by atoms with Crippen molar-refractivity contribution in [2.45, 2.75) is 46.1 Å². The summed E-state index contributed by atoms with van der Waals surface area (Å²) in [6.07, 6.45) is 7.28. The van der Waals surface area contributed by atoms with Gasteiger partial charge in [-0.1, -0.05) is 44.3 Å². The molecule has 0 radical (unpaired) electrons. The number of hydrogen-bond donors (Lipinski definition) is 1. The second kappa shape index (κ2) is 21.8. The Morgan fingerprint density at radius 2 is 1.27 bits per heavy atom. The molecule has 12 nitrogen and oxygen atoms in total. The highest BCUT2D eigenvalue weighted by molar-refractivity contribution is 5.89. The lowest BCUT2D eigenvalue weighted by atomic mass is 9.99. The predicted octanol–water partition coefficient (Wildman–Crippen LogP) is 8.74. The fourth-order valence-electron chi connectivity index (χ4n) is 6.12. The molecule has 0 fully saturated rings. The predicted molar refractivity (Wildman–Crippen MR) is 227 cm³/mol. The Labute approximate surface area is 350 Å². The van der Waals surface area contributed by atoms with E-state index in [0.29, 0.717) is 77.1 Å². The van der Waals surface area contributed by atoms with Crippen molar-refractivity contribution >= 4 is 30.1 Å². The highest BCUT2D eigenvalue weighted by Crippen LogP contribution is 2.47. The van der Waals surface area contributed by atoms with E-state index in [9.17, 15) is 19.5 Å². The minimum absolute atomic E-state index is 0.00583. The normalized spacial score (nSPS) is 12.7. The lowest BCUT2D eigenvalue weighted by Crippen LogP contribution is -2.09. The number of carbonyl (C=O) groups excluding carboxylic acids is 3. The van der Waals surface area contributed by atoms with Gasteiger partial charge in [0.1, 0.15) is 17.2 Å². The van der Waals surface area contributed by atoms with E-state index in [0.717, 1.165) is 27.8 Å². The van der Waals surface area contributed by atoms with E-state index < -0.39 is 17.9 Å². The van der Waals surface area contributed by atoms with Gasteiger partial charge < -0.3 is 43.0 Å². The van der Waals surface area contributed by atoms with E-state index in [4.69, 9.17) is 37.9 Å². The standard InChI is InChI=1S/C48H50O12/c1-31(2)47(51)57-22-7-20-55-43-16-9-34(25-36(43)29-49)11-18-46(50)60-38-13-15-40-39-14-12-37(27-41(39)33(5)42(40)28-38)59-30-54-24-19-35-10-17-44(45(26-35)53-6)56-21-8-23-58-48(52)32(3)4/h9-19,24-28,33,49H,1,3,7-8,20-23,29-30H2,2,4-6H3. The maximum Gasteiger partial charge on any atom is 0.336 e. The molecule has 1 aliphatic rings. The third kappa shape index (κ3) is 12.4. The van der Waals surface area contributed by atoms with Crippen molar-refractivity contribution in [3.05, 3.63) is 137 Å². The van der Waals surface area contributed by atoms with Crippen LogP contribution in [0.15, 0.2) is 109 Å². The molecule has 0 heterocycles. The summed E-state index contributed by atoms with van der Waals surface area (Å²) in [6.45, 7) is 13.2. The van der Waals surface area contributed by atoms with Gasteiger partial charge in [0.2, 0.25) is 6.79 Å². The van der Waals surface area contributed by atoms with Crippen molar-refractivity contribution in [2.24, 2.45) is 0 Å². The summed E-state index contributed by atoms with van der Waals surface area (Å²) in [6, 6.07) is 22.2. The van der Waals surface area contributed by atoms with Crippen LogP contribution in [0.1, 0.15) is 67.3 Å². The highest BCUT2D eigenvalue weighted by atomic mass is 16.7. The summed E-state index contributed by atoms with van der Waals surface area (Å²) < 4.78 is 44.4. The van der Waals surface area contributed by atoms with Crippen LogP contribution in [0, 0.1) is 0 Å². The molecule has 1 N–H and O–H groups in total. The summed E-state index contributed by atoms with van der Waals surface area (Å²) in [7, 11) is 1.56. The van der Waals surface area contributed by atoms with Crippen LogP contribution in [0.3, 0.4) is 0 Å². The molecule has 0 aliphatic heterocycles. The zero-order valence-electron chi connectivity index (χ0n) is 34.3. The molecule has 0 saturated carbocycles. The van der Waals surface area contributed by atoms with E-state index in [2.05, 4.69) is 20.1 Å². The number of methoxy groups -OCH3 is 1. The van der Waals surface area contributed by atoms with Crippen LogP contribution in [0.4, 0.5) is 0 Å². The van der Waals surface area contributed by atoms with Crippen LogP contribution in [-0.2, 0) is 35.2 Å². The van der Waals surface area contributed by atoms with E-state index in [1.165, 1.54) is 6.08 Å². The number of hydrogen-bond acceptors (Lipinski definition) is 12. The Bertz CT molecular complexity index is 2250. The first kappa shape index (κ1) is 44.3. The average Bonchev–Trinajstić information content (AvgIpc) is 3.52. The van der Waals surface area contributed by atoms with Gasteiger partial charge in [-0.05, 0) is 108 Å². The van der Waals surface area contributed by atoms with E-state index >= 15 is 0 Å². The molecule has 0 spiro atoms. The van der Waals surface area contributed by atoms with Crippen molar-refractivity contribution in [2.75, 3.05) is 40.3 Å². The molecule has 1 unspecified atom stereocenters. The first-order chi connectivity index (χ1) is 29.0. The minimum atomic E-state index is -0.546. The van der Waals surface area contributed by atoms with Gasteiger partial charge >= 0.3 is 17.9 Å². The van der Waals surface area contributed by atoms with Crippen molar-refractivity contribution in [3.8, 4) is 39.9 Å². The van der Waals surface area contributed by atoms with Gasteiger partial charge in [-0.25, -0.2) is 14.4 Å². The fraction of sp³-hybridized carbons (Fsp3) is 0.271. The zero-order valence-corrected chi connectivity index (χ0v) is 34.3. The van der Waals surface area contributed by atoms with Gasteiger partial charge in [-0.3, -0.25) is 0 Å². The first-order valence-corrected chi connectivity index (χ1v) is 19.4. The molecule has 1 aliphatic carbocycles. The van der Waals surface area contributed by atoms with Gasteiger partial charge in [-0.2, -0.15) is 0 Å². The van der Waals surface area contributed by atoms with Crippen molar-refractivity contribution in [3.63, 3.8) is 0 Å².